The van der Waals surface area contributed by atoms with Gasteiger partial charge >= 0.3 is 5.63 Å². The lowest BCUT2D eigenvalue weighted by molar-refractivity contribution is 0.0954. The minimum Gasteiger partial charge on any atom is -0.422 e. The first-order chi connectivity index (χ1) is 13.1. The maximum Gasteiger partial charge on any atom is 0.345 e. The van der Waals surface area contributed by atoms with Gasteiger partial charge in [0.2, 0.25) is 0 Å². The van der Waals surface area contributed by atoms with Crippen molar-refractivity contribution in [2.45, 2.75) is 6.42 Å². The van der Waals surface area contributed by atoms with Gasteiger partial charge < -0.3 is 9.73 Å². The van der Waals surface area contributed by atoms with Gasteiger partial charge in [-0.1, -0.05) is 12.1 Å². The highest BCUT2D eigenvalue weighted by atomic mass is 19.1. The molecule has 0 radical (unpaired) electrons. The van der Waals surface area contributed by atoms with Gasteiger partial charge in [0.1, 0.15) is 11.4 Å². The molecular weight excluding hydrogens is 347 g/mol. The lowest BCUT2D eigenvalue weighted by atomic mass is 10.1. The quantitative estimate of drug-likeness (QED) is 0.446. The van der Waals surface area contributed by atoms with Gasteiger partial charge in [-0.15, -0.1) is 0 Å². The Hall–Kier alpha value is -3.54. The van der Waals surface area contributed by atoms with Crippen molar-refractivity contribution in [2.24, 2.45) is 0 Å². The Morgan fingerprint density at radius 2 is 1.85 bits per heavy atom. The van der Waals surface area contributed by atoms with Crippen LogP contribution in [-0.4, -0.2) is 17.4 Å². The highest BCUT2D eigenvalue weighted by Crippen LogP contribution is 2.23. The second-order valence-corrected chi connectivity index (χ2v) is 6.15. The molecule has 0 spiro atoms. The summed E-state index contributed by atoms with van der Waals surface area (Å²) >= 11 is 0. The number of nitrogens with zero attached hydrogens (tertiary/aromatic N) is 1. The number of fused-ring (bicyclic) bond motifs is 3. The molecule has 0 bridgehead atoms. The van der Waals surface area contributed by atoms with E-state index < -0.39 is 5.63 Å². The zero-order valence-electron chi connectivity index (χ0n) is 14.2. The molecule has 0 fully saturated rings. The summed E-state index contributed by atoms with van der Waals surface area (Å²) in [5.41, 5.74) is 1.20. The Morgan fingerprint density at radius 1 is 1.04 bits per heavy atom. The third kappa shape index (κ3) is 3.42. The van der Waals surface area contributed by atoms with Gasteiger partial charge in [0.15, 0.2) is 0 Å². The highest BCUT2D eigenvalue weighted by Gasteiger charge is 2.11. The number of amides is 1. The summed E-state index contributed by atoms with van der Waals surface area (Å²) in [5, 5.41) is 4.70. The number of aromatic nitrogens is 1. The molecule has 2 aromatic heterocycles. The maximum atomic E-state index is 12.9. The fourth-order valence-corrected chi connectivity index (χ4v) is 2.99. The summed E-state index contributed by atoms with van der Waals surface area (Å²) in [7, 11) is 0. The smallest absolute Gasteiger partial charge is 0.345 e. The van der Waals surface area contributed by atoms with Crippen LogP contribution in [0.3, 0.4) is 0 Å². The van der Waals surface area contributed by atoms with Gasteiger partial charge in [0.05, 0.1) is 5.39 Å². The topological polar surface area (TPSA) is 72.2 Å². The van der Waals surface area contributed by atoms with Crippen molar-refractivity contribution in [2.75, 3.05) is 6.54 Å². The molecule has 0 aliphatic heterocycles. The molecule has 2 heterocycles. The normalized spacial score (nSPS) is 11.0. The average Bonchev–Trinajstić information content (AvgIpc) is 2.69. The second-order valence-electron chi connectivity index (χ2n) is 6.15. The average molecular weight is 362 g/mol. The monoisotopic (exact) mass is 362 g/mol. The van der Waals surface area contributed by atoms with E-state index in [1.54, 1.807) is 42.6 Å². The van der Waals surface area contributed by atoms with E-state index in [4.69, 9.17) is 4.42 Å². The Balaban J connectivity index is 1.54. The number of hydrogen-bond acceptors (Lipinski definition) is 4. The van der Waals surface area contributed by atoms with E-state index in [-0.39, 0.29) is 11.7 Å². The maximum absolute atomic E-state index is 12.9. The van der Waals surface area contributed by atoms with Crippen LogP contribution in [-0.2, 0) is 6.42 Å². The van der Waals surface area contributed by atoms with E-state index >= 15 is 0 Å². The number of carbonyl (C=O) groups is 1. The molecular formula is C21H15FN2O3. The molecule has 134 valence electrons. The van der Waals surface area contributed by atoms with Crippen LogP contribution in [0.2, 0.25) is 0 Å². The Bertz CT molecular complexity index is 1200. The van der Waals surface area contributed by atoms with E-state index in [0.717, 1.165) is 16.3 Å². The zero-order chi connectivity index (χ0) is 18.8. The first-order valence-corrected chi connectivity index (χ1v) is 8.45. The zero-order valence-corrected chi connectivity index (χ0v) is 14.2. The summed E-state index contributed by atoms with van der Waals surface area (Å²) in [4.78, 5) is 28.4. The van der Waals surface area contributed by atoms with E-state index in [2.05, 4.69) is 10.3 Å². The number of nitrogens with one attached hydrogen (secondary N) is 1. The van der Waals surface area contributed by atoms with Crippen molar-refractivity contribution in [3.63, 3.8) is 0 Å². The number of carbonyl (C=O) groups excluding carboxylic acids is 1. The van der Waals surface area contributed by atoms with E-state index in [9.17, 15) is 14.0 Å². The summed E-state index contributed by atoms with van der Waals surface area (Å²) in [6, 6.07) is 12.9. The lowest BCUT2D eigenvalue weighted by Crippen LogP contribution is -2.25. The molecule has 0 aliphatic carbocycles. The van der Waals surface area contributed by atoms with Crippen LogP contribution in [0.5, 0.6) is 0 Å². The molecule has 0 aliphatic rings. The van der Waals surface area contributed by atoms with Crippen LogP contribution in [0.4, 0.5) is 4.39 Å². The van der Waals surface area contributed by atoms with E-state index in [1.807, 2.05) is 0 Å². The van der Waals surface area contributed by atoms with Crippen LogP contribution in [0, 0.1) is 5.82 Å². The predicted molar refractivity (Wildman–Crippen MR) is 100 cm³/mol. The molecule has 27 heavy (non-hydrogen) atoms. The van der Waals surface area contributed by atoms with Gasteiger partial charge in [0.25, 0.3) is 5.91 Å². The molecule has 5 nitrogen and oxygen atoms in total. The fraction of sp³-hybridized carbons (Fsp3) is 0.0952. The van der Waals surface area contributed by atoms with Crippen LogP contribution >= 0.6 is 0 Å². The first kappa shape index (κ1) is 16.9. The molecule has 0 saturated carbocycles. The van der Waals surface area contributed by atoms with Crippen LogP contribution in [0.15, 0.2) is 70.1 Å². The SMILES string of the molecule is O=C(NCCc1ccc(F)cc1)c1ccc2c(c1)oc(=O)c1cnccc12. The largest absolute Gasteiger partial charge is 0.422 e. The Morgan fingerprint density at radius 3 is 2.67 bits per heavy atom. The molecule has 0 saturated heterocycles. The number of rotatable bonds is 4. The summed E-state index contributed by atoms with van der Waals surface area (Å²) in [6.07, 6.45) is 3.67. The number of hydrogen-bond donors (Lipinski definition) is 1. The number of benzene rings is 2. The molecule has 1 amide bonds. The minimum absolute atomic E-state index is 0.267. The Labute approximate surface area is 153 Å². The van der Waals surface area contributed by atoms with Gasteiger partial charge in [-0.2, -0.15) is 0 Å². The van der Waals surface area contributed by atoms with Gasteiger partial charge in [0, 0.05) is 35.3 Å². The van der Waals surface area contributed by atoms with E-state index in [1.165, 1.54) is 18.3 Å². The molecule has 1 N–H and O–H groups in total. The van der Waals surface area contributed by atoms with Crippen molar-refractivity contribution < 1.29 is 13.6 Å². The molecule has 2 aromatic carbocycles. The van der Waals surface area contributed by atoms with Crippen molar-refractivity contribution in [1.29, 1.82) is 0 Å². The summed E-state index contributed by atoms with van der Waals surface area (Å²) < 4.78 is 18.2. The standard InChI is InChI=1S/C21H15FN2O3/c22-15-4-1-13(2-5-15)7-10-24-20(25)14-3-6-17-16-8-9-23-12-18(16)21(26)27-19(17)11-14/h1-6,8-9,11-12H,7,10H2,(H,24,25). The van der Waals surface area contributed by atoms with Crippen LogP contribution in [0.1, 0.15) is 15.9 Å². The van der Waals surface area contributed by atoms with Crippen LogP contribution < -0.4 is 10.9 Å². The summed E-state index contributed by atoms with van der Waals surface area (Å²) in [5.74, 6) is -0.555. The van der Waals surface area contributed by atoms with E-state index in [0.29, 0.717) is 29.5 Å². The molecule has 0 atom stereocenters. The van der Waals surface area contributed by atoms with Gasteiger partial charge in [-0.25, -0.2) is 9.18 Å². The number of halogens is 1. The Kier molecular flexibility index (Phi) is 4.38. The van der Waals surface area contributed by atoms with Crippen LogP contribution in [0.25, 0.3) is 21.7 Å². The highest BCUT2D eigenvalue weighted by molar-refractivity contribution is 6.06. The molecule has 6 heteroatoms. The molecule has 4 rings (SSSR count). The minimum atomic E-state index is -0.487. The molecule has 4 aromatic rings. The van der Waals surface area contributed by atoms with Gasteiger partial charge in [-0.3, -0.25) is 9.78 Å². The third-order valence-corrected chi connectivity index (χ3v) is 4.39. The van der Waals surface area contributed by atoms with Crippen molar-refractivity contribution >= 4 is 27.6 Å². The van der Waals surface area contributed by atoms with Crippen molar-refractivity contribution in [3.05, 3.63) is 88.3 Å². The predicted octanol–water partition coefficient (Wildman–Crippen LogP) is 3.45. The first-order valence-electron chi connectivity index (χ1n) is 8.45. The second kappa shape index (κ2) is 6.99. The number of pyridine rings is 1. The van der Waals surface area contributed by atoms with Gasteiger partial charge in [-0.05, 0) is 48.4 Å². The van der Waals surface area contributed by atoms with Crippen molar-refractivity contribution in [1.82, 2.24) is 10.3 Å². The lowest BCUT2D eigenvalue weighted by Gasteiger charge is -2.07. The molecule has 0 unspecified atom stereocenters. The van der Waals surface area contributed by atoms with Crippen molar-refractivity contribution in [3.8, 4) is 0 Å². The third-order valence-electron chi connectivity index (χ3n) is 4.39. The summed E-state index contributed by atoms with van der Waals surface area (Å²) in [6.45, 7) is 0.413. The fourth-order valence-electron chi connectivity index (χ4n) is 2.99.